The number of H-pyrrole nitrogens is 1. The first-order chi connectivity index (χ1) is 10.5. The summed E-state index contributed by atoms with van der Waals surface area (Å²) in [7, 11) is 0. The second kappa shape index (κ2) is 5.14. The molecule has 0 aliphatic carbocycles. The van der Waals surface area contributed by atoms with Crippen molar-refractivity contribution in [1.82, 2.24) is 19.7 Å². The number of nitrogen functional groups attached to an aromatic ring is 1. The van der Waals surface area contributed by atoms with Gasteiger partial charge in [0.25, 0.3) is 5.56 Å². The van der Waals surface area contributed by atoms with Gasteiger partial charge in [-0.1, -0.05) is 0 Å². The number of aliphatic hydroxyl groups is 3. The molecular weight excluding hydrogens is 296 g/mol. The van der Waals surface area contributed by atoms with Gasteiger partial charge in [0, 0.05) is 0 Å². The number of hydrogen-bond acceptors (Lipinski definition) is 8. The van der Waals surface area contributed by atoms with Crippen LogP contribution in [-0.2, 0) is 4.74 Å². The van der Waals surface area contributed by atoms with E-state index < -0.39 is 42.5 Å². The van der Waals surface area contributed by atoms with Crippen molar-refractivity contribution in [2.75, 3.05) is 6.61 Å². The van der Waals surface area contributed by atoms with Crippen LogP contribution in [0.1, 0.15) is 11.9 Å². The summed E-state index contributed by atoms with van der Waals surface area (Å²) in [5.74, 6) is -0.450. The van der Waals surface area contributed by atoms with E-state index in [2.05, 4.69) is 15.1 Å². The highest BCUT2D eigenvalue weighted by Gasteiger charge is 2.44. The molecular formula is C11H14N6O5. The average molecular weight is 310 g/mol. The molecule has 22 heavy (non-hydrogen) atoms. The quantitative estimate of drug-likeness (QED) is 0.256. The van der Waals surface area contributed by atoms with Crippen LogP contribution in [-0.4, -0.2) is 65.8 Å². The lowest BCUT2D eigenvalue weighted by molar-refractivity contribution is -0.0566. The maximum absolute atomic E-state index is 11.9. The van der Waals surface area contributed by atoms with Gasteiger partial charge in [-0.05, 0) is 0 Å². The Morgan fingerprint density at radius 2 is 2.23 bits per heavy atom. The number of aromatic nitrogens is 4. The largest absolute Gasteiger partial charge is 0.394 e. The normalized spacial score (nSPS) is 28.3. The van der Waals surface area contributed by atoms with E-state index in [0.717, 1.165) is 11.0 Å². The summed E-state index contributed by atoms with van der Waals surface area (Å²) < 4.78 is 6.42. The molecule has 0 spiro atoms. The minimum absolute atomic E-state index is 0.0206. The minimum atomic E-state index is -1.39. The van der Waals surface area contributed by atoms with Crippen LogP contribution in [0.15, 0.2) is 11.1 Å². The van der Waals surface area contributed by atoms with Gasteiger partial charge in [0.15, 0.2) is 11.9 Å². The molecule has 11 nitrogen and oxygen atoms in total. The van der Waals surface area contributed by atoms with Crippen molar-refractivity contribution in [3.05, 3.63) is 22.4 Å². The fourth-order valence-corrected chi connectivity index (χ4v) is 2.43. The third kappa shape index (κ3) is 1.99. The number of hydrogen-bond donors (Lipinski definition) is 6. The molecule has 0 radical (unpaired) electrons. The molecule has 0 amide bonds. The monoisotopic (exact) mass is 310 g/mol. The predicted molar refractivity (Wildman–Crippen MR) is 72.2 cm³/mol. The van der Waals surface area contributed by atoms with Gasteiger partial charge in [0.2, 0.25) is 0 Å². The van der Waals surface area contributed by atoms with Crippen LogP contribution in [0.2, 0.25) is 0 Å². The molecule has 2 aromatic rings. The second-order valence-corrected chi connectivity index (χ2v) is 4.87. The summed E-state index contributed by atoms with van der Waals surface area (Å²) in [5, 5.41) is 40.4. The third-order valence-electron chi connectivity index (χ3n) is 3.51. The van der Waals surface area contributed by atoms with Crippen molar-refractivity contribution in [2.45, 2.75) is 24.5 Å². The van der Waals surface area contributed by atoms with Crippen molar-refractivity contribution in [3.8, 4) is 0 Å². The Bertz CT molecular complexity index is 785. The van der Waals surface area contributed by atoms with Crippen molar-refractivity contribution in [3.63, 3.8) is 0 Å². The Balaban J connectivity index is 2.18. The summed E-state index contributed by atoms with van der Waals surface area (Å²) in [6.45, 7) is -0.499. The first kappa shape index (κ1) is 14.6. The molecule has 3 rings (SSSR count). The van der Waals surface area contributed by atoms with E-state index in [1.807, 2.05) is 0 Å². The zero-order valence-corrected chi connectivity index (χ0v) is 11.2. The third-order valence-corrected chi connectivity index (χ3v) is 3.51. The summed E-state index contributed by atoms with van der Waals surface area (Å²) in [5.41, 5.74) is 4.80. The molecule has 0 saturated carbocycles. The van der Waals surface area contributed by atoms with Crippen molar-refractivity contribution in [2.24, 2.45) is 5.73 Å². The van der Waals surface area contributed by atoms with Gasteiger partial charge < -0.3 is 30.8 Å². The lowest BCUT2D eigenvalue weighted by Crippen LogP contribution is -2.33. The lowest BCUT2D eigenvalue weighted by atomic mass is 10.1. The van der Waals surface area contributed by atoms with Crippen molar-refractivity contribution >= 4 is 16.9 Å². The highest BCUT2D eigenvalue weighted by Crippen LogP contribution is 2.30. The highest BCUT2D eigenvalue weighted by molar-refractivity contribution is 6.04. The number of nitrogens with one attached hydrogen (secondary N) is 2. The smallest absolute Gasteiger partial charge is 0.262 e. The van der Waals surface area contributed by atoms with Crippen LogP contribution in [0.5, 0.6) is 0 Å². The molecule has 4 atom stereocenters. The van der Waals surface area contributed by atoms with Gasteiger partial charge in [-0.2, -0.15) is 5.10 Å². The number of nitrogens with two attached hydrogens (primary N) is 1. The van der Waals surface area contributed by atoms with E-state index in [0.29, 0.717) is 0 Å². The first-order valence-corrected chi connectivity index (χ1v) is 6.38. The number of rotatable bonds is 3. The van der Waals surface area contributed by atoms with Crippen LogP contribution in [0.25, 0.3) is 11.0 Å². The Hall–Kier alpha value is -2.34. The number of nitrogens with zero attached hydrogens (tertiary/aromatic N) is 3. The summed E-state index contributed by atoms with van der Waals surface area (Å²) >= 11 is 0. The number of aliphatic hydroxyl groups excluding tert-OH is 3. The van der Waals surface area contributed by atoms with E-state index in [1.165, 1.54) is 0 Å². The zero-order valence-electron chi connectivity index (χ0n) is 11.2. The molecule has 1 saturated heterocycles. The Labute approximate surface area is 122 Å². The van der Waals surface area contributed by atoms with Gasteiger partial charge >= 0.3 is 0 Å². The minimum Gasteiger partial charge on any atom is -0.394 e. The van der Waals surface area contributed by atoms with Crippen LogP contribution in [0.4, 0.5) is 0 Å². The van der Waals surface area contributed by atoms with E-state index in [4.69, 9.17) is 21.0 Å². The molecule has 0 aromatic carbocycles. The SMILES string of the molecule is N=C(N)c1nn(C2OC(CO)C(O)C2O)c2nc[nH]c(=O)c12. The zero-order chi connectivity index (χ0) is 16.0. The molecule has 2 aromatic heterocycles. The van der Waals surface area contributed by atoms with Gasteiger partial charge in [-0.15, -0.1) is 0 Å². The molecule has 1 aliphatic rings. The van der Waals surface area contributed by atoms with Crippen molar-refractivity contribution in [1.29, 1.82) is 5.41 Å². The van der Waals surface area contributed by atoms with E-state index in [1.54, 1.807) is 0 Å². The number of ether oxygens (including phenoxy) is 1. The Morgan fingerprint density at radius 3 is 2.82 bits per heavy atom. The van der Waals surface area contributed by atoms with E-state index in [9.17, 15) is 15.0 Å². The predicted octanol–water partition coefficient (Wildman–Crippen LogP) is -2.98. The number of amidine groups is 1. The summed E-state index contributed by atoms with van der Waals surface area (Å²) in [4.78, 5) is 18.2. The van der Waals surface area contributed by atoms with Crippen LogP contribution in [0.3, 0.4) is 0 Å². The van der Waals surface area contributed by atoms with Crippen LogP contribution >= 0.6 is 0 Å². The molecule has 11 heteroatoms. The maximum Gasteiger partial charge on any atom is 0.262 e. The number of fused-ring (bicyclic) bond motifs is 1. The van der Waals surface area contributed by atoms with Gasteiger partial charge in [0.05, 0.1) is 12.9 Å². The van der Waals surface area contributed by atoms with Gasteiger partial charge in [-0.25, -0.2) is 9.67 Å². The fourth-order valence-electron chi connectivity index (χ4n) is 2.43. The maximum atomic E-state index is 11.9. The van der Waals surface area contributed by atoms with Gasteiger partial charge in [-0.3, -0.25) is 10.2 Å². The standard InChI is InChI=1S/C11H14N6O5/c12-8(13)5-4-9(14-2-15-10(4)21)17(16-5)11-7(20)6(19)3(1-18)22-11/h2-3,6-7,11,18-20H,1H2,(H3,12,13)(H,14,15,21). The first-order valence-electron chi connectivity index (χ1n) is 6.38. The van der Waals surface area contributed by atoms with Crippen LogP contribution in [0, 0.1) is 5.41 Å². The van der Waals surface area contributed by atoms with Gasteiger partial charge in [0.1, 0.15) is 35.2 Å². The Kier molecular flexibility index (Phi) is 3.41. The molecule has 0 bridgehead atoms. The summed E-state index contributed by atoms with van der Waals surface area (Å²) in [6, 6.07) is 0. The molecule has 4 unspecified atom stereocenters. The topological polar surface area (TPSA) is 183 Å². The van der Waals surface area contributed by atoms with Crippen LogP contribution < -0.4 is 11.3 Å². The molecule has 1 fully saturated rings. The van der Waals surface area contributed by atoms with Crippen molar-refractivity contribution < 1.29 is 20.1 Å². The Morgan fingerprint density at radius 1 is 1.50 bits per heavy atom. The van der Waals surface area contributed by atoms with E-state index >= 15 is 0 Å². The molecule has 1 aliphatic heterocycles. The lowest BCUT2D eigenvalue weighted by Gasteiger charge is -2.15. The van der Waals surface area contributed by atoms with E-state index in [-0.39, 0.29) is 16.7 Å². The molecule has 3 heterocycles. The molecule has 7 N–H and O–H groups in total. The molecule has 118 valence electrons. The second-order valence-electron chi connectivity index (χ2n) is 4.87. The number of aromatic amines is 1. The fraction of sp³-hybridized carbons (Fsp3) is 0.455. The average Bonchev–Trinajstić information content (AvgIpc) is 3.00. The summed E-state index contributed by atoms with van der Waals surface area (Å²) in [6.07, 6.45) is -3.74. The highest BCUT2D eigenvalue weighted by atomic mass is 16.6.